The van der Waals surface area contributed by atoms with Crippen molar-refractivity contribution in [3.8, 4) is 23.0 Å². The van der Waals surface area contributed by atoms with Gasteiger partial charge in [-0.2, -0.15) is 4.98 Å². The van der Waals surface area contributed by atoms with Crippen LogP contribution in [-0.2, 0) is 27.4 Å². The highest BCUT2D eigenvalue weighted by molar-refractivity contribution is 7.48. The molecule has 0 saturated carbocycles. The molecule has 0 spiro atoms. The Morgan fingerprint density at radius 3 is 2.33 bits per heavy atom. The van der Waals surface area contributed by atoms with Crippen molar-refractivity contribution in [1.82, 2.24) is 15.0 Å². The maximum absolute atomic E-state index is 15.2. The number of ether oxygens (including phenoxy) is 3. The Balaban J connectivity index is 1.78. The van der Waals surface area contributed by atoms with Crippen LogP contribution in [0.2, 0.25) is 0 Å². The Hall–Kier alpha value is -4.37. The number of aromatic nitrogens is 3. The van der Waals surface area contributed by atoms with Gasteiger partial charge in [0, 0.05) is 6.07 Å². The molecule has 1 aromatic carbocycles. The van der Waals surface area contributed by atoms with Gasteiger partial charge in [0.15, 0.2) is 34.6 Å². The summed E-state index contributed by atoms with van der Waals surface area (Å²) in [6.07, 6.45) is 0.930. The number of carbonyl (C=O) groups excluding carboxylic acids is 2. The van der Waals surface area contributed by atoms with Crippen LogP contribution in [0.15, 0.2) is 30.5 Å². The van der Waals surface area contributed by atoms with Crippen molar-refractivity contribution in [2.75, 3.05) is 36.5 Å². The molecule has 3 heterocycles. The van der Waals surface area contributed by atoms with E-state index in [0.29, 0.717) is 5.75 Å². The summed E-state index contributed by atoms with van der Waals surface area (Å²) in [4.78, 5) is 26.7. The van der Waals surface area contributed by atoms with Gasteiger partial charge in [0.2, 0.25) is 5.95 Å². The van der Waals surface area contributed by atoms with E-state index in [9.17, 15) is 9.36 Å². The Kier molecular flexibility index (Phi) is 10.4. The van der Waals surface area contributed by atoms with Crippen LogP contribution in [0.3, 0.4) is 0 Å². The monoisotopic (exact) mass is 691 g/mol. The van der Waals surface area contributed by atoms with Crippen molar-refractivity contribution in [2.24, 2.45) is 0 Å². The summed E-state index contributed by atoms with van der Waals surface area (Å²) in [5.41, 5.74) is -2.65. The summed E-state index contributed by atoms with van der Waals surface area (Å²) < 4.78 is 68.5. The van der Waals surface area contributed by atoms with Gasteiger partial charge in [0.1, 0.15) is 12.5 Å². The average molecular weight is 692 g/mol. The van der Waals surface area contributed by atoms with Gasteiger partial charge in [-0.25, -0.2) is 23.3 Å². The Labute approximate surface area is 278 Å². The van der Waals surface area contributed by atoms with Gasteiger partial charge < -0.3 is 24.8 Å². The van der Waals surface area contributed by atoms with E-state index in [1.807, 2.05) is 0 Å². The zero-order valence-corrected chi connectivity index (χ0v) is 29.5. The number of amides is 1. The summed E-state index contributed by atoms with van der Waals surface area (Å²) in [5, 5.41) is 5.49. The van der Waals surface area contributed by atoms with Gasteiger partial charge in [-0.05, 0) is 67.5 Å². The molecule has 48 heavy (non-hydrogen) atoms. The number of nitrogens with zero attached hydrogens (tertiary/aromatic N) is 4. The normalized spacial score (nSPS) is 14.4. The maximum atomic E-state index is 15.2. The fourth-order valence-corrected chi connectivity index (χ4v) is 6.00. The number of halogens is 1. The fourth-order valence-electron chi connectivity index (χ4n) is 4.26. The van der Waals surface area contributed by atoms with E-state index >= 15 is 4.39 Å². The van der Waals surface area contributed by atoms with Crippen LogP contribution in [0, 0.1) is 5.82 Å². The van der Waals surface area contributed by atoms with Crippen LogP contribution in [0.5, 0.6) is 23.0 Å². The van der Waals surface area contributed by atoms with Crippen LogP contribution >= 0.6 is 7.82 Å². The largest absolute Gasteiger partial charge is 0.492 e. The molecule has 260 valence electrons. The van der Waals surface area contributed by atoms with Crippen molar-refractivity contribution in [3.63, 3.8) is 0 Å². The molecule has 1 aliphatic heterocycles. The van der Waals surface area contributed by atoms with Crippen molar-refractivity contribution in [2.45, 2.75) is 72.2 Å². The second-order valence-electron chi connectivity index (χ2n) is 13.0. The third-order valence-electron chi connectivity index (χ3n) is 6.23. The Bertz CT molecular complexity index is 1720. The Morgan fingerprint density at radius 2 is 1.75 bits per heavy atom. The molecule has 4 rings (SSSR count). The first-order chi connectivity index (χ1) is 22.3. The molecular formula is C31H41FN6O9P+. The minimum Gasteiger partial charge on any atom is -0.492 e. The topological polar surface area (TPSA) is 167 Å². The molecule has 17 heteroatoms. The van der Waals surface area contributed by atoms with E-state index in [1.54, 1.807) is 67.5 Å². The zero-order chi connectivity index (χ0) is 35.7. The first kappa shape index (κ1) is 36.5. The van der Waals surface area contributed by atoms with Gasteiger partial charge in [-0.15, -0.1) is 0 Å². The second-order valence-corrected chi connectivity index (χ2v) is 14.5. The zero-order valence-electron chi connectivity index (χ0n) is 28.6. The standard InChI is InChI=1S/C31H40FN6O9P/c1-29(2,3)46-48(40,47-30(4,5)6)44-17-38(18-14-21(41-9)24(43-11)22(15-18)42-10)28-33-16-19(32)25(37-28)34-23-13-12-20-26(35-23)36-27(39)31(7,8)45-20/h12-16H,9,17H2,1-8,10-11H3,(H-,33,34,35,36,37,39)/p+1. The molecule has 15 nitrogen and oxygen atoms in total. The summed E-state index contributed by atoms with van der Waals surface area (Å²) in [6, 6.07) is 6.19. The average Bonchev–Trinajstić information content (AvgIpc) is 2.96. The van der Waals surface area contributed by atoms with E-state index in [1.165, 1.54) is 31.3 Å². The predicted molar refractivity (Wildman–Crippen MR) is 176 cm³/mol. The molecular weight excluding hydrogens is 650 g/mol. The third kappa shape index (κ3) is 8.75. The minimum atomic E-state index is -4.25. The second kappa shape index (κ2) is 13.6. The summed E-state index contributed by atoms with van der Waals surface area (Å²) in [6.45, 7) is 16.4. The number of hydrogen-bond acceptors (Lipinski definition) is 13. The number of phosphoric acid groups is 1. The molecule has 0 aliphatic carbocycles. The number of pyridine rings is 1. The van der Waals surface area contributed by atoms with E-state index < -0.39 is 43.1 Å². The first-order valence-corrected chi connectivity index (χ1v) is 16.2. The number of fused-ring (bicyclic) bond motifs is 1. The number of phosphoric ester groups is 1. The van der Waals surface area contributed by atoms with Crippen molar-refractivity contribution in [3.05, 3.63) is 36.3 Å². The third-order valence-corrected chi connectivity index (χ3v) is 8.21. The van der Waals surface area contributed by atoms with Crippen LogP contribution in [-0.4, -0.2) is 65.4 Å². The van der Waals surface area contributed by atoms with Gasteiger partial charge in [0.25, 0.3) is 18.4 Å². The van der Waals surface area contributed by atoms with Gasteiger partial charge in [-0.3, -0.25) is 23.3 Å². The fraction of sp³-hybridized carbons (Fsp3) is 0.452. The van der Waals surface area contributed by atoms with Gasteiger partial charge >= 0.3 is 13.6 Å². The molecule has 1 aliphatic rings. The first-order valence-electron chi connectivity index (χ1n) is 14.7. The van der Waals surface area contributed by atoms with Crippen LogP contribution < -0.4 is 29.7 Å². The lowest BCUT2D eigenvalue weighted by molar-refractivity contribution is -0.356. The Morgan fingerprint density at radius 1 is 1.08 bits per heavy atom. The van der Waals surface area contributed by atoms with E-state index in [-0.39, 0.29) is 46.3 Å². The predicted octanol–water partition coefficient (Wildman–Crippen LogP) is 6.81. The molecule has 0 radical (unpaired) electrons. The highest BCUT2D eigenvalue weighted by atomic mass is 31.2. The number of hydrogen-bond donors (Lipinski definition) is 2. The highest BCUT2D eigenvalue weighted by Crippen LogP contribution is 2.56. The SMILES string of the molecule is C=[O+]c1cc(N(COP(=O)(OC(C)(C)C)OC(C)(C)C)c2ncc(F)c(Nc3ccc4c(n3)NC(=O)C(C)(C)O4)n2)cc(OC)c1OC. The smallest absolute Gasteiger partial charge is 0.477 e. The van der Waals surface area contributed by atoms with Crippen molar-refractivity contribution < 1.29 is 46.0 Å². The number of methoxy groups -OCH3 is 2. The van der Waals surface area contributed by atoms with E-state index in [4.69, 9.17) is 32.2 Å². The van der Waals surface area contributed by atoms with Crippen LogP contribution in [0.1, 0.15) is 55.4 Å². The molecule has 0 fully saturated rings. The quantitative estimate of drug-likeness (QED) is 0.116. The molecule has 0 bridgehead atoms. The van der Waals surface area contributed by atoms with Crippen molar-refractivity contribution >= 4 is 49.6 Å². The molecule has 0 atom stereocenters. The van der Waals surface area contributed by atoms with Crippen molar-refractivity contribution in [1.29, 1.82) is 0 Å². The summed E-state index contributed by atoms with van der Waals surface area (Å²) in [5.74, 6) is -0.331. The maximum Gasteiger partial charge on any atom is 0.477 e. The van der Waals surface area contributed by atoms with Gasteiger partial charge in [-0.1, -0.05) is 0 Å². The number of rotatable bonds is 12. The number of benzene rings is 1. The lowest BCUT2D eigenvalue weighted by Gasteiger charge is -2.32. The molecule has 2 N–H and O–H groups in total. The molecule has 0 saturated heterocycles. The summed E-state index contributed by atoms with van der Waals surface area (Å²) >= 11 is 0. The van der Waals surface area contributed by atoms with Crippen LogP contribution in [0.25, 0.3) is 0 Å². The lowest BCUT2D eigenvalue weighted by atomic mass is 10.1. The molecule has 3 aromatic rings. The highest BCUT2D eigenvalue weighted by Gasteiger charge is 2.39. The molecule has 0 unspecified atom stereocenters. The van der Waals surface area contributed by atoms with E-state index in [2.05, 4.69) is 32.4 Å². The molecule has 2 aromatic heterocycles. The summed E-state index contributed by atoms with van der Waals surface area (Å²) in [7, 11) is -1.40. The number of carbonyl (C=O) groups is 1. The van der Waals surface area contributed by atoms with E-state index in [0.717, 1.165) is 6.20 Å². The molecule has 1 amide bonds. The lowest BCUT2D eigenvalue weighted by Crippen LogP contribution is -2.46. The number of nitrogens with one attached hydrogen (secondary N) is 2. The van der Waals surface area contributed by atoms with Crippen LogP contribution in [0.4, 0.5) is 33.5 Å². The minimum absolute atomic E-state index is 0.115. The van der Waals surface area contributed by atoms with Gasteiger partial charge in [0.05, 0.1) is 43.4 Å². The number of anilines is 5.